The van der Waals surface area contributed by atoms with Crippen molar-refractivity contribution < 1.29 is 4.42 Å². The molecule has 0 spiro atoms. The average molecular weight is 700 g/mol. The normalized spacial score (nSPS) is 11.7. The Morgan fingerprint density at radius 3 is 1.57 bits per heavy atom. The molecule has 9 rings (SSSR count). The van der Waals surface area contributed by atoms with E-state index in [1.54, 1.807) is 0 Å². The van der Waals surface area contributed by atoms with Crippen molar-refractivity contribution in [2.75, 3.05) is 0 Å². The highest BCUT2D eigenvalue weighted by atomic mass is 32.1. The summed E-state index contributed by atoms with van der Waals surface area (Å²) in [7, 11) is 22.0. The first-order valence-corrected chi connectivity index (χ1v) is 19.5. The summed E-state index contributed by atoms with van der Waals surface area (Å²) in [5.74, 6) is 2.05. The van der Waals surface area contributed by atoms with E-state index >= 15 is 0 Å². The minimum absolute atomic E-state index is 0.638. The summed E-state index contributed by atoms with van der Waals surface area (Å²) < 4.78 is 9.18. The fraction of sp³-hybridized carbons (Fsp3) is 0. The van der Waals surface area contributed by atoms with Crippen molar-refractivity contribution in [1.82, 2.24) is 15.0 Å². The number of nitrogens with zero attached hydrogens (tertiary/aromatic N) is 3. The molecule has 0 N–H and O–H groups in total. The summed E-state index contributed by atoms with van der Waals surface area (Å²) in [5.41, 5.74) is 19.7. The van der Waals surface area contributed by atoms with Crippen LogP contribution in [0.1, 0.15) is 0 Å². The molecule has 54 heavy (non-hydrogen) atoms. The van der Waals surface area contributed by atoms with Crippen LogP contribution in [0, 0.1) is 0 Å². The third-order valence-electron chi connectivity index (χ3n) is 12.5. The molecule has 4 nitrogen and oxygen atoms in total. The zero-order valence-electron chi connectivity index (χ0n) is 32.7. The summed E-state index contributed by atoms with van der Waals surface area (Å²) in [4.78, 5) is 15.8. The lowest BCUT2D eigenvalue weighted by Gasteiger charge is -2.22. The molecular formula is C39H33B10N3OS. The fourth-order valence-corrected chi connectivity index (χ4v) is 9.70. The molecule has 0 bridgehead atoms. The molecule has 0 saturated carbocycles. The van der Waals surface area contributed by atoms with Gasteiger partial charge in [-0.1, -0.05) is 70.4 Å². The Morgan fingerprint density at radius 1 is 0.407 bits per heavy atom. The van der Waals surface area contributed by atoms with Crippen molar-refractivity contribution in [3.63, 3.8) is 0 Å². The molecule has 0 saturated heterocycles. The van der Waals surface area contributed by atoms with E-state index in [0.717, 1.165) is 38.6 Å². The van der Waals surface area contributed by atoms with Crippen LogP contribution in [0.2, 0.25) is 0 Å². The molecule has 246 valence electrons. The van der Waals surface area contributed by atoms with Crippen molar-refractivity contribution in [2.45, 2.75) is 0 Å². The maximum atomic E-state index is 6.57. The van der Waals surface area contributed by atoms with Crippen LogP contribution in [-0.2, 0) is 0 Å². The Hall–Kier alpha value is -5.00. The quantitative estimate of drug-likeness (QED) is 0.172. The zero-order valence-corrected chi connectivity index (χ0v) is 33.5. The standard InChI is InChI=1S/C39H33B10N3OS/c40-26-24(27(41)31(45)34(48)30(26)44)38-50-37(51-39(52-38)25-28(42)32(46)35(49)33(47)29(25)43)15-8-10-17-20-12-14(9-11-21(20)53-22(17)13-15)16-5-3-6-19-18-4-1-2-7-23(18)54-36(16)19/h1-13H,40-49H2. The van der Waals surface area contributed by atoms with Crippen LogP contribution >= 0.6 is 11.3 Å². The van der Waals surface area contributed by atoms with Gasteiger partial charge >= 0.3 is 0 Å². The zero-order chi connectivity index (χ0) is 37.7. The van der Waals surface area contributed by atoms with E-state index in [2.05, 4.69) is 157 Å². The maximum Gasteiger partial charge on any atom is 0.164 e. The lowest BCUT2D eigenvalue weighted by Crippen LogP contribution is -2.55. The van der Waals surface area contributed by atoms with Crippen LogP contribution < -0.4 is 54.6 Å². The van der Waals surface area contributed by atoms with Gasteiger partial charge in [-0.25, -0.2) is 15.0 Å². The summed E-state index contributed by atoms with van der Waals surface area (Å²) in [6, 6.07) is 28.3. The lowest BCUT2D eigenvalue weighted by molar-refractivity contribution is 0.669. The lowest BCUT2D eigenvalue weighted by atomic mass is 9.60. The van der Waals surface area contributed by atoms with Gasteiger partial charge in [0.05, 0.1) is 0 Å². The highest BCUT2D eigenvalue weighted by Gasteiger charge is 2.22. The van der Waals surface area contributed by atoms with Crippen LogP contribution in [0.3, 0.4) is 0 Å². The largest absolute Gasteiger partial charge is 0.456 e. The van der Waals surface area contributed by atoms with E-state index in [-0.39, 0.29) is 0 Å². The van der Waals surface area contributed by atoms with Gasteiger partial charge in [0, 0.05) is 47.6 Å². The van der Waals surface area contributed by atoms with Crippen molar-refractivity contribution in [3.05, 3.63) is 78.9 Å². The van der Waals surface area contributed by atoms with E-state index in [1.807, 2.05) is 11.3 Å². The van der Waals surface area contributed by atoms with Crippen molar-refractivity contribution in [3.8, 4) is 45.3 Å². The van der Waals surface area contributed by atoms with Crippen LogP contribution in [0.25, 0.3) is 87.4 Å². The van der Waals surface area contributed by atoms with Gasteiger partial charge in [0.25, 0.3) is 0 Å². The van der Waals surface area contributed by atoms with Crippen molar-refractivity contribution in [1.29, 1.82) is 0 Å². The summed E-state index contributed by atoms with van der Waals surface area (Å²) in [5, 5.41) is 4.77. The monoisotopic (exact) mass is 701 g/mol. The Morgan fingerprint density at radius 2 is 0.944 bits per heavy atom. The van der Waals surface area contributed by atoms with Gasteiger partial charge in [0.1, 0.15) is 89.6 Å². The highest BCUT2D eigenvalue weighted by Crippen LogP contribution is 2.41. The minimum Gasteiger partial charge on any atom is -0.456 e. The molecule has 15 heteroatoms. The third-order valence-corrected chi connectivity index (χ3v) is 13.7. The number of thiophene rings is 1. The predicted molar refractivity (Wildman–Crippen MR) is 264 cm³/mol. The van der Waals surface area contributed by atoms with E-state index in [9.17, 15) is 0 Å². The Balaban J connectivity index is 1.23. The fourth-order valence-electron chi connectivity index (χ4n) is 8.46. The number of hydrogen-bond donors (Lipinski definition) is 0. The molecule has 0 amide bonds. The number of furan rings is 1. The van der Waals surface area contributed by atoms with Gasteiger partial charge in [0.15, 0.2) is 17.5 Å². The Labute approximate surface area is 328 Å². The average Bonchev–Trinajstić information content (AvgIpc) is 3.75. The smallest absolute Gasteiger partial charge is 0.164 e. The van der Waals surface area contributed by atoms with Crippen LogP contribution in [-0.4, -0.2) is 93.4 Å². The van der Waals surface area contributed by atoms with Crippen molar-refractivity contribution in [2.24, 2.45) is 0 Å². The molecule has 0 unspecified atom stereocenters. The second-order valence-corrected chi connectivity index (χ2v) is 16.2. The molecule has 0 aliphatic carbocycles. The Kier molecular flexibility index (Phi) is 8.24. The number of benzene rings is 6. The molecule has 3 heterocycles. The minimum atomic E-state index is 0.638. The van der Waals surface area contributed by atoms with Crippen molar-refractivity contribution >= 4 is 187 Å². The van der Waals surface area contributed by atoms with E-state index < -0.39 is 0 Å². The highest BCUT2D eigenvalue weighted by molar-refractivity contribution is 7.26. The predicted octanol–water partition coefficient (Wildman–Crippen LogP) is -6.61. The van der Waals surface area contributed by atoms with Gasteiger partial charge in [-0.15, -0.1) is 44.1 Å². The van der Waals surface area contributed by atoms with E-state index in [0.29, 0.717) is 17.5 Å². The molecule has 0 atom stereocenters. The van der Waals surface area contributed by atoms with Gasteiger partial charge in [0.2, 0.25) is 0 Å². The topological polar surface area (TPSA) is 51.8 Å². The molecule has 6 aromatic carbocycles. The molecule has 0 aliphatic rings. The van der Waals surface area contributed by atoms with Gasteiger partial charge in [-0.2, -0.15) is 0 Å². The van der Waals surface area contributed by atoms with Gasteiger partial charge in [-0.3, -0.25) is 0 Å². The summed E-state index contributed by atoms with van der Waals surface area (Å²) in [6.45, 7) is 0. The first-order valence-electron chi connectivity index (χ1n) is 18.7. The first-order chi connectivity index (χ1) is 25.9. The number of fused-ring (bicyclic) bond motifs is 6. The SMILES string of the molecule is Bc1c(B)c(B)c(-c2nc(-c3ccc4c(c3)oc3ccc(-c5cccc6c5sc5ccccc56)cc34)nc(-c3c(B)c(B)c(B)c(B)c3B)n2)c(B)c1B. The van der Waals surface area contributed by atoms with E-state index in [4.69, 9.17) is 19.4 Å². The summed E-state index contributed by atoms with van der Waals surface area (Å²) >= 11 is 1.86. The Bertz CT molecular complexity index is 2940. The number of aromatic nitrogens is 3. The van der Waals surface area contributed by atoms with Gasteiger partial charge < -0.3 is 4.42 Å². The first kappa shape index (κ1) is 34.7. The number of hydrogen-bond acceptors (Lipinski definition) is 5. The summed E-state index contributed by atoms with van der Waals surface area (Å²) in [6.07, 6.45) is 0. The maximum absolute atomic E-state index is 6.57. The van der Waals surface area contributed by atoms with E-state index in [1.165, 1.54) is 85.9 Å². The molecule has 3 aromatic heterocycles. The van der Waals surface area contributed by atoms with Crippen LogP contribution in [0.15, 0.2) is 83.3 Å². The van der Waals surface area contributed by atoms with Crippen LogP contribution in [0.4, 0.5) is 0 Å². The molecule has 9 aromatic rings. The number of rotatable bonds is 4. The van der Waals surface area contributed by atoms with Gasteiger partial charge in [-0.05, 0) is 41.5 Å². The molecular weight excluding hydrogens is 667 g/mol. The second kappa shape index (κ2) is 12.8. The molecule has 0 aliphatic heterocycles. The third kappa shape index (κ3) is 5.22. The molecule has 0 fully saturated rings. The second-order valence-electron chi connectivity index (χ2n) is 15.1. The molecule has 0 radical (unpaired) electrons. The van der Waals surface area contributed by atoms with Crippen LogP contribution in [0.5, 0.6) is 0 Å².